The van der Waals surface area contributed by atoms with Crippen LogP contribution >= 0.6 is 15.9 Å². The van der Waals surface area contributed by atoms with Crippen molar-refractivity contribution in [2.45, 2.75) is 0 Å². The predicted molar refractivity (Wildman–Crippen MR) is 55.5 cm³/mol. The zero-order valence-corrected chi connectivity index (χ0v) is 9.64. The van der Waals surface area contributed by atoms with Gasteiger partial charge < -0.3 is 9.28 Å². The van der Waals surface area contributed by atoms with E-state index in [4.69, 9.17) is 11.0 Å². The highest BCUT2D eigenvalue weighted by molar-refractivity contribution is 9.10. The SMILES string of the molecule is N#Cc1c(N)[n]([Al])c2nc(Br)cnc12. The van der Waals surface area contributed by atoms with Crippen molar-refractivity contribution in [1.29, 1.82) is 5.26 Å². The fraction of sp³-hybridized carbons (Fsp3) is 0. The average Bonchev–Trinajstić information content (AvgIpc) is 2.41. The van der Waals surface area contributed by atoms with E-state index in [2.05, 4.69) is 42.4 Å². The van der Waals surface area contributed by atoms with Crippen LogP contribution in [0.3, 0.4) is 0 Å². The quantitative estimate of drug-likeness (QED) is 0.705. The van der Waals surface area contributed by atoms with Crippen molar-refractivity contribution in [1.82, 2.24) is 13.5 Å². The van der Waals surface area contributed by atoms with Gasteiger partial charge in [-0.25, -0.2) is 9.97 Å². The Morgan fingerprint density at radius 1 is 1.64 bits per heavy atom. The highest BCUT2D eigenvalue weighted by Gasteiger charge is 2.13. The van der Waals surface area contributed by atoms with Gasteiger partial charge in [-0.1, -0.05) is 0 Å². The molecule has 0 aliphatic rings. The third-order valence-electron chi connectivity index (χ3n) is 1.82. The summed E-state index contributed by atoms with van der Waals surface area (Å²) in [6, 6.07) is 2.00. The lowest BCUT2D eigenvalue weighted by molar-refractivity contribution is 1.19. The van der Waals surface area contributed by atoms with Crippen LogP contribution in [0.15, 0.2) is 10.8 Å². The number of rotatable bonds is 0. The summed E-state index contributed by atoms with van der Waals surface area (Å²) >= 11 is 5.59. The fourth-order valence-electron chi connectivity index (χ4n) is 1.17. The Morgan fingerprint density at radius 2 is 2.36 bits per heavy atom. The molecule has 0 aliphatic heterocycles. The lowest BCUT2D eigenvalue weighted by atomic mass is 10.3. The first-order valence-electron chi connectivity index (χ1n) is 3.62. The van der Waals surface area contributed by atoms with Crippen LogP contribution in [0.1, 0.15) is 5.56 Å². The third-order valence-corrected chi connectivity index (χ3v) is 2.72. The normalized spacial score (nSPS) is 10.3. The van der Waals surface area contributed by atoms with Crippen LogP contribution < -0.4 is 5.73 Å². The number of fused-ring (bicyclic) bond motifs is 1. The molecule has 7 heteroatoms. The van der Waals surface area contributed by atoms with Crippen molar-refractivity contribution in [3.05, 3.63) is 16.4 Å². The second-order valence-corrected chi connectivity index (χ2v) is 3.94. The van der Waals surface area contributed by atoms with Gasteiger partial charge in [0.05, 0.1) is 12.0 Å². The van der Waals surface area contributed by atoms with Gasteiger partial charge in [-0.05, 0) is 15.9 Å². The summed E-state index contributed by atoms with van der Waals surface area (Å²) in [7, 11) is 0. The summed E-state index contributed by atoms with van der Waals surface area (Å²) in [5, 5.41) is 8.87. The van der Waals surface area contributed by atoms with Gasteiger partial charge in [0.1, 0.15) is 27.4 Å². The summed E-state index contributed by atoms with van der Waals surface area (Å²) < 4.78 is 2.17. The molecule has 0 unspecified atom stereocenters. The van der Waals surface area contributed by atoms with Crippen molar-refractivity contribution in [2.75, 3.05) is 5.73 Å². The van der Waals surface area contributed by atoms with Gasteiger partial charge in [-0.15, -0.1) is 0 Å². The summed E-state index contributed by atoms with van der Waals surface area (Å²) in [5.74, 6) is 0.352. The van der Waals surface area contributed by atoms with Crippen molar-refractivity contribution < 1.29 is 0 Å². The number of nitriles is 1. The Labute approximate surface area is 96.3 Å². The van der Waals surface area contributed by atoms with E-state index in [0.717, 1.165) is 0 Å². The van der Waals surface area contributed by atoms with E-state index in [1.54, 1.807) is 3.55 Å². The second kappa shape index (κ2) is 3.25. The molecule has 0 bridgehead atoms. The van der Waals surface area contributed by atoms with E-state index in [1.807, 2.05) is 6.07 Å². The second-order valence-electron chi connectivity index (χ2n) is 2.61. The Kier molecular flexibility index (Phi) is 2.20. The molecule has 66 valence electrons. The van der Waals surface area contributed by atoms with Gasteiger partial charge in [0.25, 0.3) is 0 Å². The number of hydrogen-bond acceptors (Lipinski definition) is 4. The maximum absolute atomic E-state index is 8.87. The number of hydrogen-bond donors (Lipinski definition) is 1. The molecule has 2 rings (SSSR count). The van der Waals surface area contributed by atoms with E-state index >= 15 is 0 Å². The number of aromatic nitrogens is 3. The van der Waals surface area contributed by atoms with Crippen LogP contribution in [-0.2, 0) is 0 Å². The molecule has 0 saturated carbocycles. The Bertz CT molecular complexity index is 555. The number of nitrogens with two attached hydrogens (primary N) is 1. The summed E-state index contributed by atoms with van der Waals surface area (Å²) in [6.45, 7) is 0. The van der Waals surface area contributed by atoms with Crippen LogP contribution in [0.5, 0.6) is 0 Å². The lowest BCUT2D eigenvalue weighted by Crippen LogP contribution is -1.99. The average molecular weight is 264 g/mol. The molecule has 0 fully saturated rings. The van der Waals surface area contributed by atoms with Crippen LogP contribution in [0.4, 0.5) is 5.82 Å². The van der Waals surface area contributed by atoms with E-state index in [0.29, 0.717) is 27.1 Å². The number of anilines is 1. The third kappa shape index (κ3) is 1.20. The standard InChI is InChI=1S/C7H3BrN5.Al/c8-4-2-11-5-3(1-9)6(10)13-7(5)12-4;/h2H,10H2;/q-1;+1. The van der Waals surface area contributed by atoms with Crippen molar-refractivity contribution in [3.63, 3.8) is 0 Å². The minimum Gasteiger partial charge on any atom is -0.423 e. The predicted octanol–water partition coefficient (Wildman–Crippen LogP) is 0.579. The lowest BCUT2D eigenvalue weighted by Gasteiger charge is -1.98. The molecule has 5 nitrogen and oxygen atoms in total. The van der Waals surface area contributed by atoms with Gasteiger partial charge in [0, 0.05) is 0 Å². The van der Waals surface area contributed by atoms with Crippen LogP contribution in [-0.4, -0.2) is 30.0 Å². The van der Waals surface area contributed by atoms with Gasteiger partial charge in [0.2, 0.25) is 0 Å². The van der Waals surface area contributed by atoms with Gasteiger partial charge in [0.15, 0.2) is 0 Å². The first-order chi connectivity index (χ1) is 6.65. The van der Waals surface area contributed by atoms with Gasteiger partial charge in [-0.3, -0.25) is 0 Å². The zero-order chi connectivity index (χ0) is 10.3. The minimum absolute atomic E-state index is 0.352. The molecule has 0 spiro atoms. The molecule has 2 N–H and O–H groups in total. The number of nitrogen functional groups attached to an aromatic ring is 1. The van der Waals surface area contributed by atoms with Crippen LogP contribution in [0, 0.1) is 11.3 Å². The van der Waals surface area contributed by atoms with Crippen molar-refractivity contribution in [2.24, 2.45) is 0 Å². The van der Waals surface area contributed by atoms with E-state index in [1.165, 1.54) is 6.20 Å². The van der Waals surface area contributed by atoms with Crippen LogP contribution in [0.2, 0.25) is 0 Å². The molecule has 0 atom stereocenters. The Morgan fingerprint density at radius 3 is 3.00 bits per heavy atom. The molecular weight excluding hydrogens is 261 g/mol. The van der Waals surface area contributed by atoms with Crippen molar-refractivity contribution >= 4 is 49.4 Å². The zero-order valence-electron chi connectivity index (χ0n) is 6.90. The van der Waals surface area contributed by atoms with Gasteiger partial charge >= 0.3 is 16.5 Å². The molecule has 0 amide bonds. The minimum atomic E-state index is 0.352. The molecule has 2 radical (unpaired) electrons. The first kappa shape index (κ1) is 9.48. The topological polar surface area (TPSA) is 80.5 Å². The molecule has 2 heterocycles. The van der Waals surface area contributed by atoms with E-state index in [9.17, 15) is 0 Å². The Balaban J connectivity index is 2.97. The fourth-order valence-corrected chi connectivity index (χ4v) is 1.75. The van der Waals surface area contributed by atoms with Gasteiger partial charge in [-0.2, -0.15) is 5.26 Å². The maximum Gasteiger partial charge on any atom is 0.323 e. The molecule has 0 saturated heterocycles. The monoisotopic (exact) mass is 263 g/mol. The molecule has 0 aromatic carbocycles. The Hall–Kier alpha value is -1.08. The van der Waals surface area contributed by atoms with Crippen molar-refractivity contribution in [3.8, 4) is 6.07 Å². The van der Waals surface area contributed by atoms with E-state index < -0.39 is 0 Å². The largest absolute Gasteiger partial charge is 0.423 e. The molecule has 2 aromatic heterocycles. The summed E-state index contributed by atoms with van der Waals surface area (Å²) in [5.41, 5.74) is 7.14. The van der Waals surface area contributed by atoms with Crippen LogP contribution in [0.25, 0.3) is 11.2 Å². The smallest absolute Gasteiger partial charge is 0.323 e. The number of nitrogens with zero attached hydrogens (tertiary/aromatic N) is 4. The number of halogens is 1. The van der Waals surface area contributed by atoms with E-state index in [-0.39, 0.29) is 0 Å². The summed E-state index contributed by atoms with van der Waals surface area (Å²) in [6.07, 6.45) is 1.54. The highest BCUT2D eigenvalue weighted by Crippen LogP contribution is 2.23. The molecule has 2 aromatic rings. The molecule has 0 aliphatic carbocycles. The molecular formula is C7H3AlBrN5. The maximum atomic E-state index is 8.87. The first-order valence-corrected chi connectivity index (χ1v) is 4.93. The summed E-state index contributed by atoms with van der Waals surface area (Å²) in [4.78, 5) is 8.26. The highest BCUT2D eigenvalue weighted by atomic mass is 79.9. The molecule has 14 heavy (non-hydrogen) atoms.